The number of benzene rings is 2. The van der Waals surface area contributed by atoms with Gasteiger partial charge < -0.3 is 84.0 Å². The summed E-state index contributed by atoms with van der Waals surface area (Å²) in [5, 5.41) is 48.9. The number of fused-ring (bicyclic) bond motifs is 1. The minimum absolute atomic E-state index is 0.0460. The van der Waals surface area contributed by atoms with E-state index < -0.39 is 108 Å². The number of rotatable bonds is 32. The Bertz CT molecular complexity index is 3080. The SMILES string of the molecule is CCNC(=O)[C@H]1CCCN1C(=O)[C@H](CCCNC(N)=NC)NC(=O)[C@H](CC(C)C)NC(=O)[C@@H](CC(C)C)NC(=O)[C@H](Cc1ccc(O)cc1)NC(=O)[C@H](CO)NC(=O)[C@H](Cc1c[nH]c2ccccc12)NC(=O)[C@H](Cc1cnc[nH]1)NC(=O)[C@@H]1CCC(=O)N1. The van der Waals surface area contributed by atoms with Crippen LogP contribution in [0, 0.1) is 11.8 Å². The molecule has 0 bridgehead atoms. The molecule has 0 aliphatic carbocycles. The largest absolute Gasteiger partial charge is 0.508 e. The maximum absolute atomic E-state index is 14.7. The highest BCUT2D eigenvalue weighted by Gasteiger charge is 2.40. The molecule has 2 aliphatic rings. The molecule has 478 valence electrons. The second-order valence-electron chi connectivity index (χ2n) is 23.0. The van der Waals surface area contributed by atoms with Gasteiger partial charge in [0.1, 0.15) is 60.1 Å². The smallest absolute Gasteiger partial charge is 0.245 e. The van der Waals surface area contributed by atoms with E-state index in [9.17, 15) is 58.2 Å². The minimum atomic E-state index is -1.75. The third kappa shape index (κ3) is 20.0. The summed E-state index contributed by atoms with van der Waals surface area (Å²) in [4.78, 5) is 155. The molecular weight excluding hydrogens is 1140 g/mol. The van der Waals surface area contributed by atoms with Gasteiger partial charge in [0.05, 0.1) is 12.9 Å². The van der Waals surface area contributed by atoms with E-state index in [1.807, 2.05) is 39.8 Å². The van der Waals surface area contributed by atoms with Gasteiger partial charge in [-0.2, -0.15) is 0 Å². The number of aromatic hydroxyl groups is 1. The number of nitrogens with one attached hydrogen (secondary N) is 12. The average molecular weight is 1220 g/mol. The van der Waals surface area contributed by atoms with Crippen LogP contribution in [0.5, 0.6) is 5.75 Å². The molecule has 9 atom stereocenters. The van der Waals surface area contributed by atoms with Crippen molar-refractivity contribution < 1.29 is 58.2 Å². The molecule has 0 radical (unpaired) electrons. The molecule has 0 saturated carbocycles. The predicted octanol–water partition coefficient (Wildman–Crippen LogP) is -1.18. The van der Waals surface area contributed by atoms with Gasteiger partial charge >= 0.3 is 0 Å². The summed E-state index contributed by atoms with van der Waals surface area (Å²) in [7, 11) is 1.52. The summed E-state index contributed by atoms with van der Waals surface area (Å²) in [6.45, 7) is 9.06. The fraction of sp³-hybridized carbons (Fsp3) is 0.533. The van der Waals surface area contributed by atoms with E-state index in [1.165, 1.54) is 48.7 Å². The Morgan fingerprint density at radius 2 is 1.28 bits per heavy atom. The zero-order chi connectivity index (χ0) is 64.0. The molecule has 2 aromatic carbocycles. The predicted molar refractivity (Wildman–Crippen MR) is 325 cm³/mol. The molecule has 6 rings (SSSR count). The topological polar surface area (TPSA) is 418 Å². The Morgan fingerprint density at radius 1 is 0.705 bits per heavy atom. The highest BCUT2D eigenvalue weighted by molar-refractivity contribution is 5.99. The number of para-hydroxylation sites is 1. The molecule has 28 heteroatoms. The maximum Gasteiger partial charge on any atom is 0.245 e. The Hall–Kier alpha value is -9.08. The second-order valence-corrected chi connectivity index (χ2v) is 23.0. The zero-order valence-electron chi connectivity index (χ0n) is 50.7. The van der Waals surface area contributed by atoms with Gasteiger partial charge in [0.15, 0.2) is 5.96 Å². The van der Waals surface area contributed by atoms with Crippen molar-refractivity contribution in [2.45, 2.75) is 160 Å². The van der Waals surface area contributed by atoms with Crippen molar-refractivity contribution in [3.05, 3.63) is 84.1 Å². The number of hydrogen-bond donors (Lipinski definition) is 15. The summed E-state index contributed by atoms with van der Waals surface area (Å²) < 4.78 is 0. The van der Waals surface area contributed by atoms with Crippen molar-refractivity contribution in [3.8, 4) is 5.75 Å². The van der Waals surface area contributed by atoms with Crippen LogP contribution in [0.15, 0.2) is 72.2 Å². The van der Waals surface area contributed by atoms with Crippen LogP contribution in [0.3, 0.4) is 0 Å². The molecule has 88 heavy (non-hydrogen) atoms. The number of likely N-dealkylation sites (tertiary alicyclic amines) is 1. The molecule has 4 heterocycles. The third-order valence-electron chi connectivity index (χ3n) is 15.2. The van der Waals surface area contributed by atoms with Gasteiger partial charge in [-0.15, -0.1) is 0 Å². The van der Waals surface area contributed by atoms with Gasteiger partial charge in [0.2, 0.25) is 59.1 Å². The Balaban J connectivity index is 1.22. The molecular formula is C60H86N16O12. The van der Waals surface area contributed by atoms with Crippen LogP contribution >= 0.6 is 0 Å². The lowest BCUT2D eigenvalue weighted by Gasteiger charge is -2.31. The van der Waals surface area contributed by atoms with Gasteiger partial charge in [-0.3, -0.25) is 52.9 Å². The fourth-order valence-electron chi connectivity index (χ4n) is 10.6. The number of aliphatic hydroxyl groups is 1. The minimum Gasteiger partial charge on any atom is -0.508 e. The third-order valence-corrected chi connectivity index (χ3v) is 15.2. The first kappa shape index (κ1) is 68.0. The van der Waals surface area contributed by atoms with E-state index in [1.54, 1.807) is 25.3 Å². The maximum atomic E-state index is 14.7. The first-order valence-electron chi connectivity index (χ1n) is 29.9. The van der Waals surface area contributed by atoms with Gasteiger partial charge in [0.25, 0.3) is 0 Å². The van der Waals surface area contributed by atoms with Crippen LogP contribution in [0.1, 0.15) is 103 Å². The Morgan fingerprint density at radius 3 is 1.86 bits per heavy atom. The quantitative estimate of drug-likeness (QED) is 0.0156. The van der Waals surface area contributed by atoms with Crippen molar-refractivity contribution >= 4 is 75.9 Å². The van der Waals surface area contributed by atoms with E-state index in [2.05, 4.69) is 73.1 Å². The highest BCUT2D eigenvalue weighted by Crippen LogP contribution is 2.22. The van der Waals surface area contributed by atoms with E-state index in [0.29, 0.717) is 61.1 Å². The number of nitrogens with zero attached hydrogens (tertiary/aromatic N) is 3. The van der Waals surface area contributed by atoms with E-state index >= 15 is 0 Å². The molecule has 2 aliphatic heterocycles. The number of phenolic OH excluding ortho intramolecular Hbond substituents is 1. The standard InChI is InChI=1S/C60H86N16O12/c1-7-64-58(87)49-15-11-23-76(49)59(88)42(14-10-22-65-60(61)62-6)69-52(81)43(24-33(2)3)70-53(82)44(25-34(4)5)71-54(83)45(26-35-16-18-38(78)19-17-35)72-57(86)48(31-77)75-55(84)46(27-36-29-66-40-13-9-8-12-39(36)40)73-56(85)47(28-37-30-63-32-67-37)74-51(80)41-20-21-50(79)68-41/h8-9,12-13,16-19,29-30,32-34,41-49,66,77-78H,7,10-11,14-15,20-28,31H2,1-6H3,(H,63,67)(H,64,87)(H,68,79)(H,69,81)(H,70,82)(H,71,83)(H,72,86)(H,73,85)(H,74,80)(H,75,84)(H3,61,62,65)/t41-,42-,43-,44+,45-,46-,47-,48-,49+/m0/s1. The number of hydrogen-bond acceptors (Lipinski definition) is 14. The van der Waals surface area contributed by atoms with Gasteiger partial charge in [-0.25, -0.2) is 4.98 Å². The van der Waals surface area contributed by atoms with Crippen molar-refractivity contribution in [1.82, 2.24) is 73.0 Å². The Labute approximate surface area is 510 Å². The number of guanidine groups is 1. The van der Waals surface area contributed by atoms with Crippen molar-refractivity contribution in [3.63, 3.8) is 0 Å². The monoisotopic (exact) mass is 1220 g/mol. The van der Waals surface area contributed by atoms with Crippen LogP contribution in [0.25, 0.3) is 10.9 Å². The van der Waals surface area contributed by atoms with Crippen molar-refractivity contribution in [2.75, 3.05) is 33.3 Å². The number of H-pyrrole nitrogens is 2. The van der Waals surface area contributed by atoms with Crippen LogP contribution in [-0.2, 0) is 67.2 Å². The number of carbonyl (C=O) groups is 10. The summed E-state index contributed by atoms with van der Waals surface area (Å²) in [6.07, 6.45) is 5.99. The number of imidazole rings is 1. The second kappa shape index (κ2) is 33.2. The lowest BCUT2D eigenvalue weighted by Crippen LogP contribution is -2.61. The summed E-state index contributed by atoms with van der Waals surface area (Å²) >= 11 is 0. The number of amides is 10. The lowest BCUT2D eigenvalue weighted by atomic mass is 9.98. The molecule has 28 nitrogen and oxygen atoms in total. The molecule has 0 spiro atoms. The average Bonchev–Trinajstić information content (AvgIpc) is 4.23. The van der Waals surface area contributed by atoms with E-state index in [-0.39, 0.29) is 86.7 Å². The summed E-state index contributed by atoms with van der Waals surface area (Å²) in [5.74, 6) is -7.11. The van der Waals surface area contributed by atoms with Crippen molar-refractivity contribution in [1.29, 1.82) is 0 Å². The van der Waals surface area contributed by atoms with E-state index in [0.717, 1.165) is 5.52 Å². The van der Waals surface area contributed by atoms with Crippen LogP contribution in [-0.4, -0.2) is 183 Å². The van der Waals surface area contributed by atoms with Crippen LogP contribution < -0.4 is 58.9 Å². The highest BCUT2D eigenvalue weighted by atomic mass is 16.3. The first-order chi connectivity index (χ1) is 42.1. The molecule has 10 amide bonds. The lowest BCUT2D eigenvalue weighted by molar-refractivity contribution is -0.142. The van der Waals surface area contributed by atoms with Crippen LogP contribution in [0.4, 0.5) is 0 Å². The van der Waals surface area contributed by atoms with Crippen LogP contribution in [0.2, 0.25) is 0 Å². The number of carbonyl (C=O) groups excluding carboxylic acids is 10. The number of aromatic amines is 2. The number of phenols is 1. The fourth-order valence-corrected chi connectivity index (χ4v) is 10.6. The van der Waals surface area contributed by atoms with Gasteiger partial charge in [-0.05, 0) is 93.0 Å². The van der Waals surface area contributed by atoms with Crippen molar-refractivity contribution in [2.24, 2.45) is 22.6 Å². The first-order valence-corrected chi connectivity index (χ1v) is 29.9. The normalized spacial score (nSPS) is 17.4. The van der Waals surface area contributed by atoms with E-state index in [4.69, 9.17) is 5.73 Å². The number of nitrogens with two attached hydrogens (primary N) is 1. The van der Waals surface area contributed by atoms with Gasteiger partial charge in [0, 0.05) is 81.4 Å². The zero-order valence-corrected chi connectivity index (χ0v) is 50.7. The number of aromatic nitrogens is 3. The number of aliphatic imine (C=N–C) groups is 1. The number of aliphatic hydroxyl groups excluding tert-OH is 1. The molecule has 16 N–H and O–H groups in total. The van der Waals surface area contributed by atoms with Gasteiger partial charge in [-0.1, -0.05) is 58.0 Å². The molecule has 2 saturated heterocycles. The molecule has 2 fully saturated rings. The molecule has 4 aromatic rings. The molecule has 2 aromatic heterocycles. The molecule has 0 unspecified atom stereocenters. The number of likely N-dealkylation sites (N-methyl/N-ethyl adjacent to an activating group) is 1. The Kier molecular flexibility index (Phi) is 25.6. The summed E-state index contributed by atoms with van der Waals surface area (Å²) in [5.41, 5.74) is 8.05. The summed E-state index contributed by atoms with van der Waals surface area (Å²) in [6, 6.07) is 1.68.